The van der Waals surface area contributed by atoms with Crippen molar-refractivity contribution >= 4 is 5.97 Å². The molecule has 0 aliphatic heterocycles. The summed E-state index contributed by atoms with van der Waals surface area (Å²) in [4.78, 5) is 15.9. The first-order chi connectivity index (χ1) is 8.24. The van der Waals surface area contributed by atoms with Gasteiger partial charge in [-0.25, -0.2) is 4.79 Å². The number of benzene rings is 1. The number of hydrogen-bond donors (Lipinski definition) is 2. The molecule has 1 saturated carbocycles. The number of carboxylic acid groups (broad SMARTS) is 1. The van der Waals surface area contributed by atoms with Crippen LogP contribution >= 0.6 is 0 Å². The molecule has 0 saturated heterocycles. The standard InChI is InChI=1S/C13H17NO3/c14-17-12-10(9-5-2-1-3-6-9)7-4-8-11(12)13(15)16/h4,7-9H,1-3,5-6,14H2,(H,15,16). The molecule has 3 N–H and O–H groups in total. The maximum absolute atomic E-state index is 11.1. The van der Waals surface area contributed by atoms with Gasteiger partial charge < -0.3 is 9.94 Å². The predicted octanol–water partition coefficient (Wildman–Crippen LogP) is 2.69. The molecule has 1 aromatic rings. The van der Waals surface area contributed by atoms with Crippen molar-refractivity contribution in [3.8, 4) is 5.75 Å². The number of carboxylic acids is 1. The van der Waals surface area contributed by atoms with E-state index in [1.54, 1.807) is 6.07 Å². The van der Waals surface area contributed by atoms with E-state index >= 15 is 0 Å². The second kappa shape index (κ2) is 5.19. The van der Waals surface area contributed by atoms with E-state index in [9.17, 15) is 4.79 Å². The van der Waals surface area contributed by atoms with Crippen molar-refractivity contribution in [2.45, 2.75) is 38.0 Å². The summed E-state index contributed by atoms with van der Waals surface area (Å²) in [6.07, 6.45) is 5.80. The highest BCUT2D eigenvalue weighted by Crippen LogP contribution is 2.38. The molecule has 0 amide bonds. The van der Waals surface area contributed by atoms with Crippen LogP contribution in [0.25, 0.3) is 0 Å². The van der Waals surface area contributed by atoms with Crippen LogP contribution in [-0.2, 0) is 0 Å². The molecule has 0 heterocycles. The highest BCUT2D eigenvalue weighted by atomic mass is 16.6. The zero-order valence-corrected chi connectivity index (χ0v) is 9.69. The average Bonchev–Trinajstić information content (AvgIpc) is 2.38. The normalized spacial score (nSPS) is 16.8. The van der Waals surface area contributed by atoms with Crippen LogP contribution in [0.5, 0.6) is 5.75 Å². The minimum Gasteiger partial charge on any atom is -0.478 e. The van der Waals surface area contributed by atoms with Crippen LogP contribution < -0.4 is 10.7 Å². The lowest BCUT2D eigenvalue weighted by Crippen LogP contribution is -2.13. The molecular weight excluding hydrogens is 218 g/mol. The maximum Gasteiger partial charge on any atom is 0.339 e. The summed E-state index contributed by atoms with van der Waals surface area (Å²) in [7, 11) is 0. The Labute approximate surface area is 100 Å². The smallest absolute Gasteiger partial charge is 0.339 e. The van der Waals surface area contributed by atoms with Gasteiger partial charge >= 0.3 is 5.97 Å². The summed E-state index contributed by atoms with van der Waals surface area (Å²) in [5.41, 5.74) is 1.09. The molecule has 1 aliphatic carbocycles. The van der Waals surface area contributed by atoms with Crippen LogP contribution in [0.3, 0.4) is 0 Å². The van der Waals surface area contributed by atoms with E-state index in [1.165, 1.54) is 25.3 Å². The quantitative estimate of drug-likeness (QED) is 0.790. The van der Waals surface area contributed by atoms with Crippen molar-refractivity contribution in [3.05, 3.63) is 29.3 Å². The summed E-state index contributed by atoms with van der Waals surface area (Å²) >= 11 is 0. The Kier molecular flexibility index (Phi) is 3.64. The molecule has 0 bridgehead atoms. The number of para-hydroxylation sites is 1. The summed E-state index contributed by atoms with van der Waals surface area (Å²) in [6.45, 7) is 0. The van der Waals surface area contributed by atoms with Crippen molar-refractivity contribution in [1.82, 2.24) is 0 Å². The van der Waals surface area contributed by atoms with E-state index < -0.39 is 5.97 Å². The van der Waals surface area contributed by atoms with Crippen molar-refractivity contribution < 1.29 is 14.7 Å². The highest BCUT2D eigenvalue weighted by molar-refractivity contribution is 5.91. The number of nitrogens with two attached hydrogens (primary N) is 1. The Morgan fingerprint density at radius 1 is 1.29 bits per heavy atom. The molecule has 17 heavy (non-hydrogen) atoms. The third kappa shape index (κ3) is 2.42. The van der Waals surface area contributed by atoms with Crippen LogP contribution in [0, 0.1) is 0 Å². The van der Waals surface area contributed by atoms with Crippen molar-refractivity contribution in [1.29, 1.82) is 0 Å². The Morgan fingerprint density at radius 2 is 2.00 bits per heavy atom. The Bertz CT molecular complexity index is 411. The number of carbonyl (C=O) groups is 1. The molecule has 4 heteroatoms. The minimum atomic E-state index is -0.997. The number of rotatable bonds is 3. The fraction of sp³-hybridized carbons (Fsp3) is 0.462. The van der Waals surface area contributed by atoms with E-state index in [0.717, 1.165) is 18.4 Å². The van der Waals surface area contributed by atoms with Gasteiger partial charge in [-0.15, -0.1) is 0 Å². The first kappa shape index (κ1) is 11.9. The predicted molar refractivity (Wildman–Crippen MR) is 64.0 cm³/mol. The molecule has 0 unspecified atom stereocenters. The minimum absolute atomic E-state index is 0.149. The fourth-order valence-electron chi connectivity index (χ4n) is 2.59. The lowest BCUT2D eigenvalue weighted by molar-refractivity contribution is 0.0691. The molecule has 1 aromatic carbocycles. The van der Waals surface area contributed by atoms with Gasteiger partial charge in [-0.3, -0.25) is 0 Å². The Morgan fingerprint density at radius 3 is 2.59 bits per heavy atom. The first-order valence-electron chi connectivity index (χ1n) is 5.97. The molecule has 0 spiro atoms. The van der Waals surface area contributed by atoms with E-state index in [-0.39, 0.29) is 5.56 Å². The molecule has 1 fully saturated rings. The summed E-state index contributed by atoms with van der Waals surface area (Å²) in [6, 6.07) is 5.21. The van der Waals surface area contributed by atoms with Gasteiger partial charge in [0.05, 0.1) is 0 Å². The average molecular weight is 235 g/mol. The zero-order valence-electron chi connectivity index (χ0n) is 9.69. The largest absolute Gasteiger partial charge is 0.478 e. The topological polar surface area (TPSA) is 72.5 Å². The van der Waals surface area contributed by atoms with E-state index in [1.807, 2.05) is 6.07 Å². The van der Waals surface area contributed by atoms with Crippen LogP contribution in [0.2, 0.25) is 0 Å². The molecule has 0 radical (unpaired) electrons. The Hall–Kier alpha value is -1.55. The van der Waals surface area contributed by atoms with Gasteiger partial charge in [0, 0.05) is 5.56 Å². The van der Waals surface area contributed by atoms with Gasteiger partial charge in [0.1, 0.15) is 5.56 Å². The van der Waals surface area contributed by atoms with E-state index in [4.69, 9.17) is 15.8 Å². The van der Waals surface area contributed by atoms with Gasteiger partial charge in [-0.05, 0) is 24.8 Å². The molecule has 2 rings (SSSR count). The lowest BCUT2D eigenvalue weighted by Gasteiger charge is -2.23. The zero-order chi connectivity index (χ0) is 12.3. The molecular formula is C13H17NO3. The van der Waals surface area contributed by atoms with Gasteiger partial charge in [0.25, 0.3) is 0 Å². The number of hydrogen-bond acceptors (Lipinski definition) is 3. The van der Waals surface area contributed by atoms with E-state index in [0.29, 0.717) is 11.7 Å². The molecule has 0 aromatic heterocycles. The molecule has 92 valence electrons. The van der Waals surface area contributed by atoms with Gasteiger partial charge in [-0.2, -0.15) is 5.90 Å². The summed E-state index contributed by atoms with van der Waals surface area (Å²) < 4.78 is 0. The van der Waals surface area contributed by atoms with Crippen molar-refractivity contribution in [3.63, 3.8) is 0 Å². The van der Waals surface area contributed by atoms with Crippen LogP contribution in [-0.4, -0.2) is 11.1 Å². The molecule has 4 nitrogen and oxygen atoms in total. The Balaban J connectivity index is 2.38. The first-order valence-corrected chi connectivity index (χ1v) is 5.97. The van der Waals surface area contributed by atoms with Gasteiger partial charge in [0.15, 0.2) is 5.75 Å². The van der Waals surface area contributed by atoms with Crippen LogP contribution in [0.1, 0.15) is 53.9 Å². The van der Waals surface area contributed by atoms with Gasteiger partial charge in [-0.1, -0.05) is 31.4 Å². The van der Waals surface area contributed by atoms with Gasteiger partial charge in [0.2, 0.25) is 0 Å². The highest BCUT2D eigenvalue weighted by Gasteiger charge is 2.23. The summed E-state index contributed by atoms with van der Waals surface area (Å²) in [5, 5.41) is 9.08. The summed E-state index contributed by atoms with van der Waals surface area (Å²) in [5.74, 6) is 4.94. The van der Waals surface area contributed by atoms with Crippen molar-refractivity contribution in [2.24, 2.45) is 5.90 Å². The second-order valence-electron chi connectivity index (χ2n) is 4.48. The third-order valence-electron chi connectivity index (χ3n) is 3.44. The monoisotopic (exact) mass is 235 g/mol. The van der Waals surface area contributed by atoms with Crippen molar-refractivity contribution in [2.75, 3.05) is 0 Å². The molecule has 1 aliphatic rings. The van der Waals surface area contributed by atoms with Crippen LogP contribution in [0.15, 0.2) is 18.2 Å². The lowest BCUT2D eigenvalue weighted by atomic mass is 9.83. The van der Waals surface area contributed by atoms with E-state index in [2.05, 4.69) is 0 Å². The third-order valence-corrected chi connectivity index (χ3v) is 3.44. The van der Waals surface area contributed by atoms with Crippen LogP contribution in [0.4, 0.5) is 0 Å². The maximum atomic E-state index is 11.1. The molecule has 0 atom stereocenters. The number of aromatic carboxylic acids is 1. The fourth-order valence-corrected chi connectivity index (χ4v) is 2.59. The SMILES string of the molecule is NOc1c(C(=O)O)cccc1C1CCCCC1. The second-order valence-corrected chi connectivity index (χ2v) is 4.48.